The first kappa shape index (κ1) is 13.3. The zero-order valence-electron chi connectivity index (χ0n) is 10.4. The summed E-state index contributed by atoms with van der Waals surface area (Å²) in [6, 6.07) is 0.789. The molecule has 96 valence electrons. The number of nitrogens with one attached hydrogen (secondary N) is 1. The van der Waals surface area contributed by atoms with Crippen LogP contribution in [-0.4, -0.2) is 28.5 Å². The zero-order chi connectivity index (χ0) is 11.9. The summed E-state index contributed by atoms with van der Waals surface area (Å²) in [5, 5.41) is 12.9. The molecule has 1 N–H and O–H groups in total. The summed E-state index contributed by atoms with van der Waals surface area (Å²) < 4.78 is 1.11. The van der Waals surface area contributed by atoms with E-state index in [1.54, 1.807) is 11.3 Å². The first-order valence-corrected chi connectivity index (χ1v) is 8.31. The Morgan fingerprint density at radius 1 is 1.29 bits per heavy atom. The quantitative estimate of drug-likeness (QED) is 0.636. The van der Waals surface area contributed by atoms with E-state index < -0.39 is 0 Å². The van der Waals surface area contributed by atoms with Crippen LogP contribution in [0.1, 0.15) is 43.5 Å². The normalized spacial score (nSPS) is 17.5. The Morgan fingerprint density at radius 3 is 2.82 bits per heavy atom. The van der Waals surface area contributed by atoms with Crippen LogP contribution < -0.4 is 5.32 Å². The summed E-state index contributed by atoms with van der Waals surface area (Å²) in [5.74, 6) is 1.15. The van der Waals surface area contributed by atoms with Gasteiger partial charge in [-0.2, -0.15) is 0 Å². The minimum atomic E-state index is 0.789. The Balaban J connectivity index is 1.51. The summed E-state index contributed by atoms with van der Waals surface area (Å²) in [5.41, 5.74) is 0. The van der Waals surface area contributed by atoms with Crippen molar-refractivity contribution in [2.75, 3.05) is 12.3 Å². The molecule has 1 aliphatic rings. The van der Waals surface area contributed by atoms with Crippen LogP contribution >= 0.6 is 23.1 Å². The number of hydrogen-bond donors (Lipinski definition) is 1. The van der Waals surface area contributed by atoms with E-state index in [0.717, 1.165) is 27.7 Å². The van der Waals surface area contributed by atoms with Crippen molar-refractivity contribution < 1.29 is 0 Å². The van der Waals surface area contributed by atoms with Crippen LogP contribution in [0.2, 0.25) is 0 Å². The summed E-state index contributed by atoms with van der Waals surface area (Å²) in [6.07, 6.45) is 8.24. The van der Waals surface area contributed by atoms with Gasteiger partial charge in [0.05, 0.1) is 0 Å². The van der Waals surface area contributed by atoms with Crippen LogP contribution in [0.3, 0.4) is 0 Å². The lowest BCUT2D eigenvalue weighted by Crippen LogP contribution is -2.31. The van der Waals surface area contributed by atoms with Gasteiger partial charge in [0.15, 0.2) is 4.34 Å². The molecule has 1 aromatic heterocycles. The number of nitrogens with zero attached hydrogens (tertiary/aromatic N) is 2. The third-order valence-corrected chi connectivity index (χ3v) is 5.15. The Morgan fingerprint density at radius 2 is 2.12 bits per heavy atom. The van der Waals surface area contributed by atoms with Gasteiger partial charge in [-0.1, -0.05) is 42.4 Å². The SMILES string of the molecule is Cc1nnc(SCCCNC2CCCCC2)s1. The van der Waals surface area contributed by atoms with Gasteiger partial charge >= 0.3 is 0 Å². The van der Waals surface area contributed by atoms with Gasteiger partial charge in [-0.15, -0.1) is 10.2 Å². The van der Waals surface area contributed by atoms with Gasteiger partial charge in [0.25, 0.3) is 0 Å². The average Bonchev–Trinajstić information content (AvgIpc) is 2.76. The number of aryl methyl sites for hydroxylation is 1. The van der Waals surface area contributed by atoms with Crippen molar-refractivity contribution in [1.82, 2.24) is 15.5 Å². The van der Waals surface area contributed by atoms with Crippen LogP contribution in [0, 0.1) is 6.92 Å². The molecule has 0 bridgehead atoms. The molecule has 0 radical (unpaired) electrons. The fourth-order valence-electron chi connectivity index (χ4n) is 2.18. The van der Waals surface area contributed by atoms with E-state index >= 15 is 0 Å². The van der Waals surface area contributed by atoms with Gasteiger partial charge in [0.1, 0.15) is 5.01 Å². The fourth-order valence-corrected chi connectivity index (χ4v) is 4.01. The van der Waals surface area contributed by atoms with Crippen molar-refractivity contribution >= 4 is 23.1 Å². The lowest BCUT2D eigenvalue weighted by atomic mass is 9.95. The molecule has 0 saturated heterocycles. The van der Waals surface area contributed by atoms with Gasteiger partial charge in [-0.25, -0.2) is 0 Å². The van der Waals surface area contributed by atoms with E-state index in [2.05, 4.69) is 15.5 Å². The number of rotatable bonds is 6. The monoisotopic (exact) mass is 271 g/mol. The standard InChI is InChI=1S/C12H21N3S2/c1-10-14-15-12(17-10)16-9-5-8-13-11-6-3-2-4-7-11/h11,13H,2-9H2,1H3. The van der Waals surface area contributed by atoms with E-state index in [0.29, 0.717) is 0 Å². The zero-order valence-corrected chi connectivity index (χ0v) is 12.1. The van der Waals surface area contributed by atoms with E-state index in [-0.39, 0.29) is 0 Å². The largest absolute Gasteiger partial charge is 0.314 e. The van der Waals surface area contributed by atoms with Crippen LogP contribution in [0.4, 0.5) is 0 Å². The van der Waals surface area contributed by atoms with Crippen molar-refractivity contribution in [3.63, 3.8) is 0 Å². The molecule has 0 aromatic carbocycles. The van der Waals surface area contributed by atoms with Crippen molar-refractivity contribution in [2.24, 2.45) is 0 Å². The second-order valence-corrected chi connectivity index (χ2v) is 7.10. The van der Waals surface area contributed by atoms with Crippen molar-refractivity contribution in [3.05, 3.63) is 5.01 Å². The highest BCUT2D eigenvalue weighted by atomic mass is 32.2. The minimum absolute atomic E-state index is 0.789. The molecule has 0 unspecified atom stereocenters. The molecule has 1 saturated carbocycles. The third kappa shape index (κ3) is 4.94. The van der Waals surface area contributed by atoms with Crippen LogP contribution in [-0.2, 0) is 0 Å². The Hall–Kier alpha value is -0.130. The number of aromatic nitrogens is 2. The second-order valence-electron chi connectivity index (χ2n) is 4.58. The van der Waals surface area contributed by atoms with Crippen molar-refractivity contribution in [1.29, 1.82) is 0 Å². The Labute approximate surface area is 112 Å². The molecule has 0 aliphatic heterocycles. The summed E-state index contributed by atoms with van der Waals surface area (Å²) >= 11 is 3.53. The van der Waals surface area contributed by atoms with Crippen molar-refractivity contribution in [2.45, 2.75) is 55.8 Å². The van der Waals surface area contributed by atoms with Crippen LogP contribution in [0.15, 0.2) is 4.34 Å². The molecule has 3 nitrogen and oxygen atoms in total. The first-order valence-electron chi connectivity index (χ1n) is 6.51. The van der Waals surface area contributed by atoms with E-state index in [4.69, 9.17) is 0 Å². The van der Waals surface area contributed by atoms with Gasteiger partial charge in [0, 0.05) is 11.8 Å². The molecule has 1 aromatic rings. The van der Waals surface area contributed by atoms with Crippen LogP contribution in [0.5, 0.6) is 0 Å². The highest BCUT2D eigenvalue weighted by Crippen LogP contribution is 2.22. The molecule has 0 atom stereocenters. The van der Waals surface area contributed by atoms with E-state index in [1.165, 1.54) is 38.5 Å². The summed E-state index contributed by atoms with van der Waals surface area (Å²) in [6.45, 7) is 3.15. The van der Waals surface area contributed by atoms with Crippen LogP contribution in [0.25, 0.3) is 0 Å². The number of thioether (sulfide) groups is 1. The van der Waals surface area contributed by atoms with Gasteiger partial charge in [-0.3, -0.25) is 0 Å². The number of hydrogen-bond acceptors (Lipinski definition) is 5. The molecule has 2 rings (SSSR count). The highest BCUT2D eigenvalue weighted by molar-refractivity contribution is 8.01. The fraction of sp³-hybridized carbons (Fsp3) is 0.833. The molecule has 1 fully saturated rings. The Bertz CT molecular complexity index is 321. The van der Waals surface area contributed by atoms with Crippen molar-refractivity contribution in [3.8, 4) is 0 Å². The minimum Gasteiger partial charge on any atom is -0.314 e. The van der Waals surface area contributed by atoms with Gasteiger partial charge in [0.2, 0.25) is 0 Å². The topological polar surface area (TPSA) is 37.8 Å². The maximum atomic E-state index is 4.11. The van der Waals surface area contributed by atoms with Gasteiger partial charge in [-0.05, 0) is 32.7 Å². The molecule has 17 heavy (non-hydrogen) atoms. The van der Waals surface area contributed by atoms with Gasteiger partial charge < -0.3 is 5.32 Å². The predicted molar refractivity (Wildman–Crippen MR) is 74.9 cm³/mol. The molecule has 0 spiro atoms. The molecule has 1 heterocycles. The molecule has 5 heteroatoms. The second kappa shape index (κ2) is 7.34. The maximum absolute atomic E-state index is 4.11. The third-order valence-electron chi connectivity index (χ3n) is 3.09. The molecular formula is C12H21N3S2. The van der Waals surface area contributed by atoms with E-state index in [1.807, 2.05) is 18.7 Å². The lowest BCUT2D eigenvalue weighted by Gasteiger charge is -2.22. The molecule has 1 aliphatic carbocycles. The predicted octanol–water partition coefficient (Wildman–Crippen LogP) is 3.25. The summed E-state index contributed by atoms with van der Waals surface area (Å²) in [7, 11) is 0. The average molecular weight is 271 g/mol. The molecule has 0 amide bonds. The lowest BCUT2D eigenvalue weighted by molar-refractivity contribution is 0.375. The smallest absolute Gasteiger partial charge is 0.174 e. The first-order chi connectivity index (χ1) is 8.34. The molecular weight excluding hydrogens is 250 g/mol. The van der Waals surface area contributed by atoms with E-state index in [9.17, 15) is 0 Å². The highest BCUT2D eigenvalue weighted by Gasteiger charge is 2.11. The summed E-state index contributed by atoms with van der Waals surface area (Å²) in [4.78, 5) is 0. The Kier molecular flexibility index (Phi) is 5.74. The maximum Gasteiger partial charge on any atom is 0.174 e.